The molecule has 1 aromatic rings. The highest BCUT2D eigenvalue weighted by Gasteiger charge is 2.20. The minimum atomic E-state index is -4.72. The van der Waals surface area contributed by atoms with Crippen molar-refractivity contribution in [3.05, 3.63) is 23.8 Å². The normalized spacial score (nSPS) is 12.4. The summed E-state index contributed by atoms with van der Waals surface area (Å²) in [4.78, 5) is 9.64. The predicted molar refractivity (Wildman–Crippen MR) is 59.5 cm³/mol. The molecule has 0 bridgehead atoms. The first-order chi connectivity index (χ1) is 8.05. The summed E-state index contributed by atoms with van der Waals surface area (Å²) < 4.78 is 61.3. The quantitative estimate of drug-likeness (QED) is 0.488. The van der Waals surface area contributed by atoms with E-state index in [0.717, 1.165) is 12.1 Å². The summed E-state index contributed by atoms with van der Waals surface area (Å²) in [6, 6.07) is 2.05. The molecule has 0 amide bonds. The molecule has 0 fully saturated rings. The molecule has 0 aliphatic carbocycles. The minimum absolute atomic E-state index is 0.347. The Morgan fingerprint density at radius 3 is 1.67 bits per heavy atom. The Balaban J connectivity index is 3.64. The third-order valence-corrected chi connectivity index (χ3v) is 3.65. The molecule has 0 aromatic heterocycles. The van der Waals surface area contributed by atoms with Crippen LogP contribution >= 0.6 is 0 Å². The monoisotopic (exact) mass is 295 g/mol. The van der Waals surface area contributed by atoms with Crippen LogP contribution in [-0.4, -0.2) is 38.3 Å². The van der Waals surface area contributed by atoms with Crippen LogP contribution in [0.4, 0.5) is 0 Å². The molecule has 0 aliphatic heterocycles. The lowest BCUT2D eigenvalue weighted by atomic mass is 10.1. The lowest BCUT2D eigenvalue weighted by molar-refractivity contribution is 0.100. The first kappa shape index (κ1) is 14.7. The van der Waals surface area contributed by atoms with E-state index in [-0.39, 0.29) is 5.56 Å². The number of ketones is 1. The van der Waals surface area contributed by atoms with Gasteiger partial charge in [-0.15, -0.1) is 0 Å². The van der Waals surface area contributed by atoms with Crippen LogP contribution in [0.25, 0.3) is 0 Å². The fourth-order valence-electron chi connectivity index (χ4n) is 1.15. The standard InChI is InChI=1S/C8H9NO7S2/c9-4-8(10)5-1-6(17(11,12)13)3-7(2-5)18(14,15)16/h1-3H,4,9H2,(H,11,12,13)(H,14,15,16). The molecule has 0 saturated heterocycles. The number of carbonyl (C=O) groups is 1. The first-order valence-corrected chi connectivity index (χ1v) is 7.27. The molecular formula is C8H9NO7S2. The molecule has 0 unspecified atom stereocenters. The van der Waals surface area contributed by atoms with Gasteiger partial charge < -0.3 is 5.73 Å². The molecule has 10 heteroatoms. The lowest BCUT2D eigenvalue weighted by Gasteiger charge is -2.05. The SMILES string of the molecule is NCC(=O)c1cc(S(=O)(=O)O)cc(S(=O)(=O)O)c1. The molecular weight excluding hydrogens is 286 g/mol. The second kappa shape index (κ2) is 4.74. The molecule has 1 rings (SSSR count). The van der Waals surface area contributed by atoms with Crippen LogP contribution in [0.5, 0.6) is 0 Å². The van der Waals surface area contributed by atoms with Gasteiger partial charge in [0.2, 0.25) is 0 Å². The molecule has 1 aromatic carbocycles. The van der Waals surface area contributed by atoms with Gasteiger partial charge in [-0.25, -0.2) is 0 Å². The lowest BCUT2D eigenvalue weighted by Crippen LogP contribution is -2.15. The molecule has 0 aliphatic rings. The summed E-state index contributed by atoms with van der Waals surface area (Å²) in [5, 5.41) is 0. The van der Waals surface area contributed by atoms with Crippen molar-refractivity contribution < 1.29 is 30.7 Å². The highest BCUT2D eigenvalue weighted by Crippen LogP contribution is 2.19. The number of benzene rings is 1. The second-order valence-corrected chi connectivity index (χ2v) is 6.11. The van der Waals surface area contributed by atoms with Crippen molar-refractivity contribution in [1.82, 2.24) is 0 Å². The van der Waals surface area contributed by atoms with Gasteiger partial charge in [0.05, 0.1) is 16.3 Å². The third kappa shape index (κ3) is 3.34. The van der Waals surface area contributed by atoms with Gasteiger partial charge in [-0.2, -0.15) is 16.8 Å². The zero-order valence-corrected chi connectivity index (χ0v) is 10.4. The van der Waals surface area contributed by atoms with Gasteiger partial charge in [-0.3, -0.25) is 13.9 Å². The van der Waals surface area contributed by atoms with E-state index in [1.54, 1.807) is 0 Å². The number of hydrogen-bond donors (Lipinski definition) is 3. The van der Waals surface area contributed by atoms with E-state index in [1.165, 1.54) is 0 Å². The number of rotatable bonds is 4. The van der Waals surface area contributed by atoms with Gasteiger partial charge in [-0.1, -0.05) is 0 Å². The van der Waals surface area contributed by atoms with Crippen LogP contribution in [0.1, 0.15) is 10.4 Å². The van der Waals surface area contributed by atoms with Gasteiger partial charge in [0.1, 0.15) is 0 Å². The van der Waals surface area contributed by atoms with Crippen molar-refractivity contribution in [3.63, 3.8) is 0 Å². The maximum absolute atomic E-state index is 11.3. The van der Waals surface area contributed by atoms with Crippen LogP contribution in [0.3, 0.4) is 0 Å². The van der Waals surface area contributed by atoms with E-state index >= 15 is 0 Å². The topological polar surface area (TPSA) is 152 Å². The Morgan fingerprint density at radius 2 is 1.39 bits per heavy atom. The Bertz CT molecular complexity index is 640. The maximum Gasteiger partial charge on any atom is 0.294 e. The van der Waals surface area contributed by atoms with Crippen LogP contribution in [-0.2, 0) is 20.2 Å². The minimum Gasteiger partial charge on any atom is -0.324 e. The van der Waals surface area contributed by atoms with Crippen LogP contribution in [0, 0.1) is 0 Å². The third-order valence-electron chi connectivity index (χ3n) is 1.98. The Morgan fingerprint density at radius 1 is 1.00 bits per heavy atom. The van der Waals surface area contributed by atoms with Crippen molar-refractivity contribution in [2.45, 2.75) is 9.79 Å². The Hall–Kier alpha value is -1.33. The molecule has 18 heavy (non-hydrogen) atoms. The highest BCUT2D eigenvalue weighted by molar-refractivity contribution is 7.86. The van der Waals surface area contributed by atoms with E-state index in [9.17, 15) is 21.6 Å². The number of hydrogen-bond acceptors (Lipinski definition) is 6. The Labute approximate surface area is 103 Å². The fourth-order valence-corrected chi connectivity index (χ4v) is 2.33. The van der Waals surface area contributed by atoms with E-state index in [1.807, 2.05) is 0 Å². The van der Waals surface area contributed by atoms with Crippen LogP contribution in [0.15, 0.2) is 28.0 Å². The van der Waals surface area contributed by atoms with Gasteiger partial charge >= 0.3 is 0 Å². The molecule has 8 nitrogen and oxygen atoms in total. The van der Waals surface area contributed by atoms with Gasteiger partial charge in [-0.05, 0) is 18.2 Å². The van der Waals surface area contributed by atoms with Gasteiger partial charge in [0.15, 0.2) is 5.78 Å². The van der Waals surface area contributed by atoms with E-state index in [4.69, 9.17) is 14.8 Å². The summed E-state index contributed by atoms with van der Waals surface area (Å²) in [7, 11) is -9.44. The van der Waals surface area contributed by atoms with Crippen molar-refractivity contribution in [2.24, 2.45) is 5.73 Å². The van der Waals surface area contributed by atoms with E-state index in [2.05, 4.69) is 0 Å². The molecule has 0 spiro atoms. The average molecular weight is 295 g/mol. The van der Waals surface area contributed by atoms with Crippen molar-refractivity contribution in [3.8, 4) is 0 Å². The smallest absolute Gasteiger partial charge is 0.294 e. The zero-order chi connectivity index (χ0) is 14.1. The van der Waals surface area contributed by atoms with Crippen LogP contribution in [0.2, 0.25) is 0 Å². The summed E-state index contributed by atoms with van der Waals surface area (Å²) in [5.74, 6) is -0.745. The number of nitrogens with two attached hydrogens (primary N) is 1. The Kier molecular flexibility index (Phi) is 3.88. The van der Waals surface area contributed by atoms with Gasteiger partial charge in [0, 0.05) is 5.56 Å². The number of carbonyl (C=O) groups excluding carboxylic acids is 1. The molecule has 0 radical (unpaired) electrons. The highest BCUT2D eigenvalue weighted by atomic mass is 32.2. The molecule has 0 saturated carbocycles. The summed E-state index contributed by atoms with van der Waals surface area (Å²) >= 11 is 0. The summed E-state index contributed by atoms with van der Waals surface area (Å²) in [6.45, 7) is -0.486. The predicted octanol–water partition coefficient (Wildman–Crippen LogP) is -0.679. The fraction of sp³-hybridized carbons (Fsp3) is 0.125. The van der Waals surface area contributed by atoms with Gasteiger partial charge in [0.25, 0.3) is 20.2 Å². The molecule has 4 N–H and O–H groups in total. The zero-order valence-electron chi connectivity index (χ0n) is 8.77. The molecule has 0 heterocycles. The van der Waals surface area contributed by atoms with Crippen molar-refractivity contribution in [1.29, 1.82) is 0 Å². The van der Waals surface area contributed by atoms with Crippen LogP contribution < -0.4 is 5.73 Å². The summed E-state index contributed by atoms with van der Waals surface area (Å²) in [6.07, 6.45) is 0. The largest absolute Gasteiger partial charge is 0.324 e. The first-order valence-electron chi connectivity index (χ1n) is 4.39. The van der Waals surface area contributed by atoms with E-state index in [0.29, 0.717) is 6.07 Å². The second-order valence-electron chi connectivity index (χ2n) is 3.27. The molecule has 0 atom stereocenters. The van der Waals surface area contributed by atoms with E-state index < -0.39 is 42.4 Å². The maximum atomic E-state index is 11.3. The van der Waals surface area contributed by atoms with Crippen molar-refractivity contribution >= 4 is 26.0 Å². The molecule has 100 valence electrons. The van der Waals surface area contributed by atoms with Crippen molar-refractivity contribution in [2.75, 3.05) is 6.54 Å². The average Bonchev–Trinajstić information content (AvgIpc) is 2.25. The number of Topliss-reactive ketones (excluding diaryl/α,β-unsaturated/α-hetero) is 1. The summed E-state index contributed by atoms with van der Waals surface area (Å²) in [5.41, 5.74) is 4.70.